The lowest BCUT2D eigenvalue weighted by atomic mass is 10.2. The highest BCUT2D eigenvalue weighted by molar-refractivity contribution is 5.24. The number of anilines is 1. The summed E-state index contributed by atoms with van der Waals surface area (Å²) in [5.41, 5.74) is 0.808. The zero-order valence-corrected chi connectivity index (χ0v) is 11.2. The smallest absolute Gasteiger partial charge is 0.315 e. The van der Waals surface area contributed by atoms with E-state index in [1.165, 1.54) is 12.1 Å². The molecule has 2 N–H and O–H groups in total. The van der Waals surface area contributed by atoms with Gasteiger partial charge in [-0.25, -0.2) is 4.39 Å². The van der Waals surface area contributed by atoms with E-state index in [1.807, 2.05) is 6.07 Å². The SMILES string of the molecule is COCCNCc1nnc(NCc2cccc(F)c2)o1. The van der Waals surface area contributed by atoms with E-state index in [1.54, 1.807) is 13.2 Å². The van der Waals surface area contributed by atoms with E-state index in [4.69, 9.17) is 9.15 Å². The zero-order chi connectivity index (χ0) is 14.2. The van der Waals surface area contributed by atoms with Crippen molar-refractivity contribution in [1.29, 1.82) is 0 Å². The number of nitrogens with one attached hydrogen (secondary N) is 2. The molecule has 2 aromatic rings. The number of aromatic nitrogens is 2. The Balaban J connectivity index is 1.78. The molecule has 0 fully saturated rings. The summed E-state index contributed by atoms with van der Waals surface area (Å²) in [5.74, 6) is 0.223. The molecule has 1 aromatic heterocycles. The van der Waals surface area contributed by atoms with Crippen LogP contribution in [0.4, 0.5) is 10.4 Å². The van der Waals surface area contributed by atoms with Gasteiger partial charge in [-0.15, -0.1) is 5.10 Å². The van der Waals surface area contributed by atoms with Crippen molar-refractivity contribution in [3.8, 4) is 0 Å². The number of methoxy groups -OCH3 is 1. The van der Waals surface area contributed by atoms with Crippen LogP contribution in [0.15, 0.2) is 28.7 Å². The van der Waals surface area contributed by atoms with Crippen LogP contribution in [0.2, 0.25) is 0 Å². The van der Waals surface area contributed by atoms with Gasteiger partial charge in [0.1, 0.15) is 5.82 Å². The Bertz CT molecular complexity index is 533. The maximum atomic E-state index is 13.0. The quantitative estimate of drug-likeness (QED) is 0.715. The van der Waals surface area contributed by atoms with Gasteiger partial charge in [0, 0.05) is 20.2 Å². The average Bonchev–Trinajstić information content (AvgIpc) is 2.89. The number of hydrogen-bond donors (Lipinski definition) is 2. The molecule has 0 saturated heterocycles. The Morgan fingerprint density at radius 2 is 2.20 bits per heavy atom. The minimum atomic E-state index is -0.266. The summed E-state index contributed by atoms with van der Waals surface area (Å²) in [6.07, 6.45) is 0. The number of rotatable bonds is 8. The molecule has 0 amide bonds. The molecule has 20 heavy (non-hydrogen) atoms. The van der Waals surface area contributed by atoms with Gasteiger partial charge in [0.15, 0.2) is 0 Å². The summed E-state index contributed by atoms with van der Waals surface area (Å²) < 4.78 is 23.3. The van der Waals surface area contributed by atoms with Gasteiger partial charge in [-0.3, -0.25) is 0 Å². The third kappa shape index (κ3) is 4.60. The Morgan fingerprint density at radius 3 is 3.00 bits per heavy atom. The maximum absolute atomic E-state index is 13.0. The molecule has 0 bridgehead atoms. The predicted octanol–water partition coefficient (Wildman–Crippen LogP) is 1.56. The van der Waals surface area contributed by atoms with E-state index in [0.717, 1.165) is 5.56 Å². The first-order valence-corrected chi connectivity index (χ1v) is 6.28. The van der Waals surface area contributed by atoms with Gasteiger partial charge in [-0.05, 0) is 17.7 Å². The molecule has 1 heterocycles. The molecule has 0 aliphatic rings. The fourth-order valence-corrected chi connectivity index (χ4v) is 1.59. The monoisotopic (exact) mass is 280 g/mol. The highest BCUT2D eigenvalue weighted by Crippen LogP contribution is 2.09. The van der Waals surface area contributed by atoms with Crippen LogP contribution in [-0.4, -0.2) is 30.5 Å². The second kappa shape index (κ2) is 7.56. The van der Waals surface area contributed by atoms with Gasteiger partial charge >= 0.3 is 6.01 Å². The molecule has 0 unspecified atom stereocenters. The van der Waals surface area contributed by atoms with Gasteiger partial charge in [-0.1, -0.05) is 17.2 Å². The van der Waals surface area contributed by atoms with Crippen molar-refractivity contribution in [2.45, 2.75) is 13.1 Å². The molecular formula is C13H17FN4O2. The second-order valence-electron chi connectivity index (χ2n) is 4.15. The minimum absolute atomic E-state index is 0.266. The van der Waals surface area contributed by atoms with E-state index >= 15 is 0 Å². The summed E-state index contributed by atoms with van der Waals surface area (Å²) in [6, 6.07) is 6.65. The largest absolute Gasteiger partial charge is 0.407 e. The Morgan fingerprint density at radius 1 is 1.30 bits per heavy atom. The van der Waals surface area contributed by atoms with Gasteiger partial charge in [0.25, 0.3) is 0 Å². The molecule has 0 aliphatic carbocycles. The lowest BCUT2D eigenvalue weighted by Gasteiger charge is -2.01. The van der Waals surface area contributed by atoms with Crippen LogP contribution >= 0.6 is 0 Å². The number of hydrogen-bond acceptors (Lipinski definition) is 6. The fraction of sp³-hybridized carbons (Fsp3) is 0.385. The van der Waals surface area contributed by atoms with Crippen molar-refractivity contribution in [2.24, 2.45) is 0 Å². The zero-order valence-electron chi connectivity index (χ0n) is 11.2. The third-order valence-electron chi connectivity index (χ3n) is 2.56. The van der Waals surface area contributed by atoms with E-state index in [0.29, 0.717) is 38.1 Å². The summed E-state index contributed by atoms with van der Waals surface area (Å²) in [7, 11) is 1.64. The van der Waals surface area contributed by atoms with Crippen molar-refractivity contribution in [3.05, 3.63) is 41.5 Å². The van der Waals surface area contributed by atoms with Crippen molar-refractivity contribution in [1.82, 2.24) is 15.5 Å². The second-order valence-corrected chi connectivity index (χ2v) is 4.15. The molecule has 0 spiro atoms. The number of ether oxygens (including phenoxy) is 1. The number of halogens is 1. The third-order valence-corrected chi connectivity index (χ3v) is 2.56. The molecule has 0 saturated carbocycles. The molecule has 108 valence electrons. The van der Waals surface area contributed by atoms with Crippen LogP contribution in [0.3, 0.4) is 0 Å². The van der Waals surface area contributed by atoms with Crippen LogP contribution in [0, 0.1) is 5.82 Å². The lowest BCUT2D eigenvalue weighted by molar-refractivity contribution is 0.198. The Hall–Kier alpha value is -1.99. The molecule has 0 aliphatic heterocycles. The molecule has 1 aromatic carbocycles. The number of nitrogens with zero attached hydrogens (tertiary/aromatic N) is 2. The van der Waals surface area contributed by atoms with Crippen LogP contribution in [0.25, 0.3) is 0 Å². The van der Waals surface area contributed by atoms with E-state index in [9.17, 15) is 4.39 Å². The van der Waals surface area contributed by atoms with Crippen molar-refractivity contribution in [3.63, 3.8) is 0 Å². The molecule has 2 rings (SSSR count). The Kier molecular flexibility index (Phi) is 5.45. The minimum Gasteiger partial charge on any atom is -0.407 e. The molecule has 6 nitrogen and oxygen atoms in total. The van der Waals surface area contributed by atoms with Crippen molar-refractivity contribution >= 4 is 6.01 Å². The highest BCUT2D eigenvalue weighted by atomic mass is 19.1. The van der Waals surface area contributed by atoms with Gasteiger partial charge in [0.2, 0.25) is 5.89 Å². The van der Waals surface area contributed by atoms with E-state index in [-0.39, 0.29) is 5.82 Å². The van der Waals surface area contributed by atoms with Crippen LogP contribution < -0.4 is 10.6 Å². The van der Waals surface area contributed by atoms with E-state index < -0.39 is 0 Å². The molecule has 0 atom stereocenters. The Labute approximate surface area is 116 Å². The summed E-state index contributed by atoms with van der Waals surface area (Å²) in [6.45, 7) is 2.25. The summed E-state index contributed by atoms with van der Waals surface area (Å²) >= 11 is 0. The molecule has 0 radical (unpaired) electrons. The molecule has 7 heteroatoms. The van der Waals surface area contributed by atoms with Crippen molar-refractivity contribution < 1.29 is 13.5 Å². The number of benzene rings is 1. The van der Waals surface area contributed by atoms with Crippen LogP contribution in [0.5, 0.6) is 0 Å². The summed E-state index contributed by atoms with van der Waals surface area (Å²) in [5, 5.41) is 13.8. The molecular weight excluding hydrogens is 263 g/mol. The fourth-order valence-electron chi connectivity index (χ4n) is 1.59. The highest BCUT2D eigenvalue weighted by Gasteiger charge is 2.05. The van der Waals surface area contributed by atoms with Gasteiger partial charge < -0.3 is 19.8 Å². The normalized spacial score (nSPS) is 10.7. The topological polar surface area (TPSA) is 72.2 Å². The first kappa shape index (κ1) is 14.4. The van der Waals surface area contributed by atoms with Gasteiger partial charge in [-0.2, -0.15) is 0 Å². The van der Waals surface area contributed by atoms with Crippen LogP contribution in [-0.2, 0) is 17.8 Å². The van der Waals surface area contributed by atoms with E-state index in [2.05, 4.69) is 20.8 Å². The van der Waals surface area contributed by atoms with Crippen LogP contribution in [0.1, 0.15) is 11.5 Å². The lowest BCUT2D eigenvalue weighted by Crippen LogP contribution is -2.18. The van der Waals surface area contributed by atoms with Gasteiger partial charge in [0.05, 0.1) is 13.2 Å². The maximum Gasteiger partial charge on any atom is 0.315 e. The summed E-state index contributed by atoms with van der Waals surface area (Å²) in [4.78, 5) is 0. The predicted molar refractivity (Wildman–Crippen MR) is 71.6 cm³/mol. The standard InChI is InChI=1S/C13H17FN4O2/c1-19-6-5-15-9-12-17-18-13(20-12)16-8-10-3-2-4-11(14)7-10/h2-4,7,15H,5-6,8-9H2,1H3,(H,16,18). The first-order chi connectivity index (χ1) is 9.78. The average molecular weight is 280 g/mol. The first-order valence-electron chi connectivity index (χ1n) is 6.28. The van der Waals surface area contributed by atoms with Crippen molar-refractivity contribution in [2.75, 3.05) is 25.6 Å².